The van der Waals surface area contributed by atoms with Crippen molar-refractivity contribution in [2.24, 2.45) is 9.98 Å². The summed E-state index contributed by atoms with van der Waals surface area (Å²) in [6.07, 6.45) is 0. The van der Waals surface area contributed by atoms with Gasteiger partial charge in [-0.3, -0.25) is 0 Å². The van der Waals surface area contributed by atoms with Crippen LogP contribution in [-0.2, 0) is 0 Å². The van der Waals surface area contributed by atoms with E-state index in [1.165, 1.54) is 0 Å². The third-order valence-electron chi connectivity index (χ3n) is 14.4. The molecule has 0 saturated heterocycles. The Labute approximate surface area is 476 Å². The maximum Gasteiger partial charge on any atom is 0.160 e. The average Bonchev–Trinajstić information content (AvgIpc) is 2.52. The second kappa shape index (κ2) is 21.1. The van der Waals surface area contributed by atoms with Crippen molar-refractivity contribution in [3.8, 4) is 111 Å². The van der Waals surface area contributed by atoms with Crippen LogP contribution in [0.3, 0.4) is 0 Å². The molecule has 11 aromatic rings. The first kappa shape index (κ1) is 52.1. The second-order valence-electron chi connectivity index (χ2n) is 19.8. The highest BCUT2D eigenvalue weighted by Crippen LogP contribution is 2.44. The normalized spacial score (nSPS) is 10.8. The van der Waals surface area contributed by atoms with Gasteiger partial charge >= 0.3 is 0 Å². The Balaban J connectivity index is 1.36. The summed E-state index contributed by atoms with van der Waals surface area (Å²) < 4.78 is 4.11. The Bertz CT molecular complexity index is 4940. The molecule has 0 unspecified atom stereocenters. The SMILES string of the molecule is C=C(C)/N=C(\N=C(C)C)c1cc(-n2c3cc(-c4ccc(C#N)cc4C#N)ccc3c3ccc(-c4ccc(C#N)cc4C#N)cc32)c(-n2c3cc(-c4ccc(C#N)cc4C#N)ccc3c3ccc(-c4ccc(C#N)cc4C#N)cc32)cc1C#N. The molecule has 0 spiro atoms. The van der Waals surface area contributed by atoms with E-state index < -0.39 is 0 Å². The minimum Gasteiger partial charge on any atom is -0.307 e. The molecule has 13 heteroatoms. The lowest BCUT2D eigenvalue weighted by atomic mass is 9.96. The molecule has 13 nitrogen and oxygen atoms in total. The van der Waals surface area contributed by atoms with Crippen LogP contribution < -0.4 is 0 Å². The lowest BCUT2D eigenvalue weighted by Gasteiger charge is -2.20. The first-order valence-corrected chi connectivity index (χ1v) is 25.7. The largest absolute Gasteiger partial charge is 0.307 e. The van der Waals surface area contributed by atoms with E-state index in [1.54, 1.807) is 85.8 Å². The second-order valence-corrected chi connectivity index (χ2v) is 19.8. The van der Waals surface area contributed by atoms with Gasteiger partial charge in [0.25, 0.3) is 0 Å². The van der Waals surface area contributed by atoms with Crippen molar-refractivity contribution in [3.63, 3.8) is 0 Å². The van der Waals surface area contributed by atoms with Gasteiger partial charge in [-0.25, -0.2) is 9.98 Å². The van der Waals surface area contributed by atoms with E-state index in [2.05, 4.69) is 65.8 Å². The standard InChI is InChI=1S/C70H37N13/c1-40(2)80-70(81-41(3)4)63-30-69(83-66-27-48(57-15-7-44(33-73)23-52(57)37-77)11-19-61(66)62-20-12-49(28-67(62)83)58-16-8-45(34-74)24-53(58)38-78)68(29-54(63)39-79)82-64-25-46(55-13-5-42(31-71)21-50(55)35-75)9-17-59(64)60-18-10-47(26-65(60)82)56-14-6-43(32-72)22-51(56)36-76/h5-30H,1H2,2-4H3/b80-70-. The van der Waals surface area contributed by atoms with Gasteiger partial charge in [0.1, 0.15) is 0 Å². The number of allylic oxidation sites excluding steroid dienone is 1. The van der Waals surface area contributed by atoms with Gasteiger partial charge in [-0.2, -0.15) is 47.4 Å². The van der Waals surface area contributed by atoms with Crippen molar-refractivity contribution in [3.05, 3.63) is 226 Å². The zero-order valence-corrected chi connectivity index (χ0v) is 44.5. The number of nitrogens with zero attached hydrogens (tertiary/aromatic N) is 13. The van der Waals surface area contributed by atoms with E-state index in [1.807, 2.05) is 97.3 Å². The first-order chi connectivity index (χ1) is 40.3. The number of aromatic nitrogens is 2. The topological polar surface area (TPSA) is 249 Å². The van der Waals surface area contributed by atoms with Gasteiger partial charge in [-0.15, -0.1) is 0 Å². The summed E-state index contributed by atoms with van der Waals surface area (Å²) in [5, 5.41) is 96.0. The lowest BCUT2D eigenvalue weighted by molar-refractivity contribution is 1.09. The van der Waals surface area contributed by atoms with Crippen molar-refractivity contribution in [1.82, 2.24) is 9.13 Å². The van der Waals surface area contributed by atoms with Crippen LogP contribution in [-0.4, -0.2) is 20.7 Å². The van der Waals surface area contributed by atoms with Crippen LogP contribution in [0.1, 0.15) is 76.4 Å². The molecule has 0 amide bonds. The van der Waals surface area contributed by atoms with Crippen molar-refractivity contribution in [2.75, 3.05) is 0 Å². The Hall–Kier alpha value is -12.9. The molecule has 0 bridgehead atoms. The number of hydrogen-bond donors (Lipinski definition) is 0. The van der Waals surface area contributed by atoms with E-state index in [4.69, 9.17) is 9.98 Å². The fraction of sp³-hybridized carbons (Fsp3) is 0.0429. The predicted octanol–water partition coefficient (Wildman–Crippen LogP) is 15.2. The fourth-order valence-electron chi connectivity index (χ4n) is 10.8. The van der Waals surface area contributed by atoms with Crippen LogP contribution in [0.15, 0.2) is 180 Å². The summed E-state index contributed by atoms with van der Waals surface area (Å²) in [4.78, 5) is 9.72. The number of rotatable bonds is 8. The predicted molar refractivity (Wildman–Crippen MR) is 319 cm³/mol. The average molecular weight is 1060 g/mol. The van der Waals surface area contributed by atoms with Gasteiger partial charge in [-0.1, -0.05) is 79.4 Å². The molecular weight excluding hydrogens is 1020 g/mol. The number of aliphatic imine (C=N–C) groups is 2. The van der Waals surface area contributed by atoms with Gasteiger partial charge in [0, 0.05) is 38.5 Å². The third-order valence-corrected chi connectivity index (χ3v) is 14.4. The molecule has 0 radical (unpaired) electrons. The molecule has 9 aromatic carbocycles. The number of amidine groups is 1. The van der Waals surface area contributed by atoms with Gasteiger partial charge < -0.3 is 9.13 Å². The van der Waals surface area contributed by atoms with E-state index in [0.29, 0.717) is 117 Å². The van der Waals surface area contributed by atoms with Gasteiger partial charge in [0.2, 0.25) is 0 Å². The molecule has 382 valence electrons. The summed E-state index contributed by atoms with van der Waals surface area (Å²) in [5.74, 6) is 0.220. The molecule has 11 rings (SSSR count). The Morgan fingerprint density at radius 2 is 0.639 bits per heavy atom. The van der Waals surface area contributed by atoms with Crippen LogP contribution in [0.4, 0.5) is 0 Å². The fourth-order valence-corrected chi connectivity index (χ4v) is 10.8. The summed E-state index contributed by atoms with van der Waals surface area (Å²) in [6.45, 7) is 9.49. The third kappa shape index (κ3) is 9.07. The van der Waals surface area contributed by atoms with Crippen LogP contribution in [0, 0.1) is 102 Å². The van der Waals surface area contributed by atoms with E-state index >= 15 is 0 Å². The number of fused-ring (bicyclic) bond motifs is 6. The zero-order chi connectivity index (χ0) is 58.2. The van der Waals surface area contributed by atoms with Crippen molar-refractivity contribution < 1.29 is 0 Å². The number of benzene rings is 9. The molecule has 83 heavy (non-hydrogen) atoms. The smallest absolute Gasteiger partial charge is 0.160 e. The molecule has 0 N–H and O–H groups in total. The van der Waals surface area contributed by atoms with Gasteiger partial charge in [0.15, 0.2) is 5.84 Å². The summed E-state index contributed by atoms with van der Waals surface area (Å²) >= 11 is 0. The van der Waals surface area contributed by atoms with E-state index in [-0.39, 0.29) is 33.7 Å². The lowest BCUT2D eigenvalue weighted by Crippen LogP contribution is -2.10. The molecule has 0 fully saturated rings. The van der Waals surface area contributed by atoms with Crippen molar-refractivity contribution in [1.29, 1.82) is 47.4 Å². The first-order valence-electron chi connectivity index (χ1n) is 25.7. The van der Waals surface area contributed by atoms with Crippen LogP contribution in [0.2, 0.25) is 0 Å². The molecular formula is C70H37N13. The zero-order valence-electron chi connectivity index (χ0n) is 44.5. The van der Waals surface area contributed by atoms with E-state index in [9.17, 15) is 47.4 Å². The van der Waals surface area contributed by atoms with Crippen LogP contribution >= 0.6 is 0 Å². The molecule has 2 aromatic heterocycles. The Kier molecular flexibility index (Phi) is 13.3. The van der Waals surface area contributed by atoms with E-state index in [0.717, 1.165) is 21.5 Å². The maximum atomic E-state index is 11.4. The minimum absolute atomic E-state index is 0.198. The quantitative estimate of drug-likeness (QED) is 0.103. The molecule has 0 aliphatic carbocycles. The molecule has 0 aliphatic rings. The Morgan fingerprint density at radius 1 is 0.337 bits per heavy atom. The number of nitriles is 9. The minimum atomic E-state index is 0.198. The van der Waals surface area contributed by atoms with Crippen LogP contribution in [0.25, 0.3) is 99.5 Å². The van der Waals surface area contributed by atoms with Crippen molar-refractivity contribution >= 4 is 55.2 Å². The molecule has 0 saturated carbocycles. The highest BCUT2D eigenvalue weighted by Gasteiger charge is 2.26. The summed E-state index contributed by atoms with van der Waals surface area (Å²) in [6, 6.07) is 67.1. The summed E-state index contributed by atoms with van der Waals surface area (Å²) in [5.41, 5.74) is 12.6. The van der Waals surface area contributed by atoms with Gasteiger partial charge in [-0.05, 0) is 150 Å². The molecule has 0 aliphatic heterocycles. The van der Waals surface area contributed by atoms with Crippen molar-refractivity contribution in [2.45, 2.75) is 20.8 Å². The Morgan fingerprint density at radius 3 is 0.904 bits per heavy atom. The monoisotopic (exact) mass is 1060 g/mol. The number of hydrogen-bond acceptors (Lipinski definition) is 10. The molecule has 0 atom stereocenters. The molecule has 2 heterocycles. The van der Waals surface area contributed by atoms with Crippen LogP contribution in [0.5, 0.6) is 0 Å². The summed E-state index contributed by atoms with van der Waals surface area (Å²) in [7, 11) is 0. The highest BCUT2D eigenvalue weighted by molar-refractivity contribution is 6.15. The van der Waals surface area contributed by atoms with Gasteiger partial charge in [0.05, 0.1) is 138 Å². The highest BCUT2D eigenvalue weighted by atomic mass is 15.1. The maximum absolute atomic E-state index is 11.4.